The van der Waals surface area contributed by atoms with Crippen molar-refractivity contribution in [3.8, 4) is 11.3 Å². The number of unbranched alkanes of at least 4 members (excludes halogenated alkanes) is 14. The van der Waals surface area contributed by atoms with Crippen molar-refractivity contribution in [3.63, 3.8) is 0 Å². The minimum atomic E-state index is 0.920. The van der Waals surface area contributed by atoms with Gasteiger partial charge in [-0.15, -0.1) is 5.10 Å². The number of aromatic nitrogens is 3. The van der Waals surface area contributed by atoms with Gasteiger partial charge >= 0.3 is 0 Å². The summed E-state index contributed by atoms with van der Waals surface area (Å²) in [6.45, 7) is 10.0. The average molecular weight is 469 g/mol. The Morgan fingerprint density at radius 2 is 1.18 bits per heavy atom. The molecule has 0 amide bonds. The van der Waals surface area contributed by atoms with Crippen LogP contribution in [0.25, 0.3) is 11.3 Å². The van der Waals surface area contributed by atoms with Crippen molar-refractivity contribution in [2.24, 2.45) is 0 Å². The van der Waals surface area contributed by atoms with Gasteiger partial charge in [0.25, 0.3) is 0 Å². The molecule has 1 N–H and O–H groups in total. The van der Waals surface area contributed by atoms with E-state index in [1.165, 1.54) is 127 Å². The molecule has 1 aromatic carbocycles. The molecule has 4 heteroatoms. The van der Waals surface area contributed by atoms with Crippen LogP contribution in [-0.4, -0.2) is 33.4 Å². The molecule has 0 saturated heterocycles. The van der Waals surface area contributed by atoms with Crippen molar-refractivity contribution >= 4 is 0 Å². The summed E-state index contributed by atoms with van der Waals surface area (Å²) in [5, 5.41) is 11.9. The molecule has 1 heterocycles. The Hall–Kier alpha value is -1.68. The first-order chi connectivity index (χ1) is 16.8. The van der Waals surface area contributed by atoms with E-state index in [9.17, 15) is 0 Å². The highest BCUT2D eigenvalue weighted by Gasteiger charge is 2.15. The predicted molar refractivity (Wildman–Crippen MR) is 147 cm³/mol. The zero-order valence-corrected chi connectivity index (χ0v) is 22.6. The lowest BCUT2D eigenvalue weighted by Crippen LogP contribution is -2.26. The van der Waals surface area contributed by atoms with Crippen LogP contribution in [0.15, 0.2) is 24.3 Å². The zero-order valence-electron chi connectivity index (χ0n) is 22.6. The molecule has 4 nitrogen and oxygen atoms in total. The lowest BCUT2D eigenvalue weighted by Gasteiger charge is -2.22. The molecule has 192 valence electrons. The van der Waals surface area contributed by atoms with Crippen molar-refractivity contribution in [1.82, 2.24) is 20.3 Å². The van der Waals surface area contributed by atoms with Crippen molar-refractivity contribution in [3.05, 3.63) is 35.5 Å². The summed E-state index contributed by atoms with van der Waals surface area (Å²) < 4.78 is 0. The fraction of sp³-hybridized carbons (Fsp3) is 0.733. The largest absolute Gasteiger partial charge is 0.297 e. The number of aryl methyl sites for hydroxylation is 1. The Morgan fingerprint density at radius 1 is 0.676 bits per heavy atom. The number of hydrogen-bond acceptors (Lipinski definition) is 3. The fourth-order valence-corrected chi connectivity index (χ4v) is 4.85. The molecule has 2 rings (SSSR count). The topological polar surface area (TPSA) is 44.8 Å². The van der Waals surface area contributed by atoms with Crippen LogP contribution < -0.4 is 0 Å². The Kier molecular flexibility index (Phi) is 15.6. The van der Waals surface area contributed by atoms with Crippen LogP contribution >= 0.6 is 0 Å². The summed E-state index contributed by atoms with van der Waals surface area (Å²) in [4.78, 5) is 2.64. The first-order valence-corrected chi connectivity index (χ1v) is 14.4. The third-order valence-electron chi connectivity index (χ3n) is 7.06. The van der Waals surface area contributed by atoms with E-state index in [1.807, 2.05) is 0 Å². The average Bonchev–Trinajstić information content (AvgIpc) is 3.30. The second-order valence-corrected chi connectivity index (χ2v) is 10.2. The number of benzene rings is 1. The van der Waals surface area contributed by atoms with E-state index in [0.717, 1.165) is 17.9 Å². The fourth-order valence-electron chi connectivity index (χ4n) is 4.85. The predicted octanol–water partition coefficient (Wildman–Crippen LogP) is 8.86. The summed E-state index contributed by atoms with van der Waals surface area (Å²) in [7, 11) is 0. The molecule has 0 unspecified atom stereocenters. The van der Waals surface area contributed by atoms with Crippen LogP contribution in [0.4, 0.5) is 0 Å². The third-order valence-corrected chi connectivity index (χ3v) is 7.06. The molecule has 1 aromatic heterocycles. The van der Waals surface area contributed by atoms with Gasteiger partial charge in [0.15, 0.2) is 0 Å². The van der Waals surface area contributed by atoms with Crippen molar-refractivity contribution in [2.75, 3.05) is 13.1 Å². The molecular formula is C30H52N4. The van der Waals surface area contributed by atoms with E-state index in [2.05, 4.69) is 65.3 Å². The minimum Gasteiger partial charge on any atom is -0.297 e. The van der Waals surface area contributed by atoms with E-state index in [1.54, 1.807) is 0 Å². The lowest BCUT2D eigenvalue weighted by atomic mass is 10.0. The molecule has 0 aliphatic carbocycles. The molecule has 34 heavy (non-hydrogen) atoms. The number of nitrogens with zero attached hydrogens (tertiary/aromatic N) is 3. The molecule has 0 radical (unpaired) electrons. The van der Waals surface area contributed by atoms with Crippen LogP contribution in [0, 0.1) is 6.92 Å². The van der Waals surface area contributed by atoms with E-state index in [4.69, 9.17) is 0 Å². The quantitative estimate of drug-likeness (QED) is 0.186. The monoisotopic (exact) mass is 468 g/mol. The Morgan fingerprint density at radius 3 is 1.71 bits per heavy atom. The van der Waals surface area contributed by atoms with E-state index >= 15 is 0 Å². The van der Waals surface area contributed by atoms with Crippen LogP contribution in [0.2, 0.25) is 0 Å². The molecule has 2 aromatic rings. The number of H-pyrrole nitrogens is 1. The van der Waals surface area contributed by atoms with Gasteiger partial charge in [-0.25, -0.2) is 0 Å². The van der Waals surface area contributed by atoms with Crippen LogP contribution in [0.1, 0.15) is 128 Å². The second-order valence-electron chi connectivity index (χ2n) is 10.2. The van der Waals surface area contributed by atoms with Gasteiger partial charge in [-0.3, -0.25) is 10.00 Å². The molecular weight excluding hydrogens is 416 g/mol. The summed E-state index contributed by atoms with van der Waals surface area (Å²) in [6.07, 6.45) is 22.0. The van der Waals surface area contributed by atoms with E-state index in [0.29, 0.717) is 0 Å². The van der Waals surface area contributed by atoms with E-state index < -0.39 is 0 Å². The maximum atomic E-state index is 4.46. The molecule has 0 bridgehead atoms. The van der Waals surface area contributed by atoms with E-state index in [-0.39, 0.29) is 0 Å². The first-order valence-electron chi connectivity index (χ1n) is 14.4. The highest BCUT2D eigenvalue weighted by atomic mass is 15.3. The number of rotatable bonds is 21. The molecule has 0 aliphatic heterocycles. The maximum absolute atomic E-state index is 4.46. The minimum absolute atomic E-state index is 0.920. The standard InChI is InChI=1S/C30H52N4/c1-4-6-8-10-12-14-16-20-24-34(25-21-17-15-13-11-9-7-5-2)26-29-30(32-33-31-29)28-23-19-18-22-27(28)3/h18-19,22-23H,4-17,20-21,24-26H2,1-3H3,(H,31,32,33). The highest BCUT2D eigenvalue weighted by molar-refractivity contribution is 5.64. The van der Waals surface area contributed by atoms with Crippen LogP contribution in [0.3, 0.4) is 0 Å². The number of aromatic amines is 1. The van der Waals surface area contributed by atoms with Gasteiger partial charge in [0.1, 0.15) is 5.69 Å². The van der Waals surface area contributed by atoms with Crippen LogP contribution in [0.5, 0.6) is 0 Å². The van der Waals surface area contributed by atoms with Gasteiger partial charge < -0.3 is 0 Å². The first kappa shape index (κ1) is 28.6. The van der Waals surface area contributed by atoms with Crippen molar-refractivity contribution in [2.45, 2.75) is 130 Å². The molecule has 0 spiro atoms. The smallest absolute Gasteiger partial charge is 0.117 e. The Bertz CT molecular complexity index is 719. The summed E-state index contributed by atoms with van der Waals surface area (Å²) in [5.74, 6) is 0. The summed E-state index contributed by atoms with van der Waals surface area (Å²) in [5.41, 5.74) is 4.64. The van der Waals surface area contributed by atoms with Gasteiger partial charge in [0.2, 0.25) is 0 Å². The van der Waals surface area contributed by atoms with Crippen molar-refractivity contribution in [1.29, 1.82) is 0 Å². The van der Waals surface area contributed by atoms with Gasteiger partial charge in [0, 0.05) is 12.1 Å². The number of nitrogens with one attached hydrogen (secondary N) is 1. The summed E-state index contributed by atoms with van der Waals surface area (Å²) in [6, 6.07) is 8.51. The normalized spacial score (nSPS) is 11.5. The SMILES string of the molecule is CCCCCCCCCCN(CCCCCCCCCC)Cc1[nH]nnc1-c1ccccc1C. The molecule has 0 fully saturated rings. The molecule has 0 aliphatic rings. The Balaban J connectivity index is 1.82. The van der Waals surface area contributed by atoms with Gasteiger partial charge in [-0.2, -0.15) is 0 Å². The third kappa shape index (κ3) is 11.6. The van der Waals surface area contributed by atoms with Gasteiger partial charge in [-0.05, 0) is 38.4 Å². The lowest BCUT2D eigenvalue weighted by molar-refractivity contribution is 0.249. The van der Waals surface area contributed by atoms with Gasteiger partial charge in [-0.1, -0.05) is 133 Å². The zero-order chi connectivity index (χ0) is 24.3. The van der Waals surface area contributed by atoms with Gasteiger partial charge in [0.05, 0.1) is 5.69 Å². The molecule has 0 atom stereocenters. The Labute approximate surface area is 210 Å². The second kappa shape index (κ2) is 18.6. The van der Waals surface area contributed by atoms with Crippen LogP contribution in [-0.2, 0) is 6.54 Å². The maximum Gasteiger partial charge on any atom is 0.117 e. The highest BCUT2D eigenvalue weighted by Crippen LogP contribution is 2.24. The summed E-state index contributed by atoms with van der Waals surface area (Å²) >= 11 is 0. The number of hydrogen-bond donors (Lipinski definition) is 1. The van der Waals surface area contributed by atoms with Crippen molar-refractivity contribution < 1.29 is 0 Å². The molecule has 0 saturated carbocycles.